The van der Waals surface area contributed by atoms with Gasteiger partial charge in [-0.25, -0.2) is 9.78 Å². The number of carboxylic acid groups (broad SMARTS) is 1. The molecule has 1 amide bonds. The van der Waals surface area contributed by atoms with E-state index in [0.29, 0.717) is 29.2 Å². The summed E-state index contributed by atoms with van der Waals surface area (Å²) in [5.74, 6) is 1.16. The minimum atomic E-state index is -1.09. The van der Waals surface area contributed by atoms with Crippen molar-refractivity contribution in [2.45, 2.75) is 13.3 Å². The molecule has 0 aliphatic rings. The summed E-state index contributed by atoms with van der Waals surface area (Å²) in [4.78, 5) is 20.5. The van der Waals surface area contributed by atoms with E-state index in [-0.39, 0.29) is 18.3 Å². The SMILES string of the molecule is CCN(C(=O)O)c1c(OC)cc(Cc2cnc(N)nc2N)cc1OC. The van der Waals surface area contributed by atoms with E-state index in [1.807, 2.05) is 0 Å². The van der Waals surface area contributed by atoms with E-state index in [2.05, 4.69) is 9.97 Å². The minimum absolute atomic E-state index is 0.104. The minimum Gasteiger partial charge on any atom is -0.494 e. The molecule has 0 saturated heterocycles. The van der Waals surface area contributed by atoms with Crippen molar-refractivity contribution in [3.05, 3.63) is 29.5 Å². The van der Waals surface area contributed by atoms with Gasteiger partial charge in [0.05, 0.1) is 14.2 Å². The number of rotatable bonds is 6. The molecule has 134 valence electrons. The number of amides is 1. The van der Waals surface area contributed by atoms with Crippen molar-refractivity contribution < 1.29 is 19.4 Å². The number of aromatic nitrogens is 2. The van der Waals surface area contributed by atoms with Gasteiger partial charge in [0.1, 0.15) is 23.0 Å². The lowest BCUT2D eigenvalue weighted by molar-refractivity contribution is 0.201. The zero-order valence-electron chi connectivity index (χ0n) is 14.3. The van der Waals surface area contributed by atoms with Crippen molar-refractivity contribution in [3.8, 4) is 11.5 Å². The summed E-state index contributed by atoms with van der Waals surface area (Å²) in [7, 11) is 2.94. The summed E-state index contributed by atoms with van der Waals surface area (Å²) in [6, 6.07) is 3.47. The van der Waals surface area contributed by atoms with Crippen molar-refractivity contribution in [1.82, 2.24) is 9.97 Å². The zero-order chi connectivity index (χ0) is 18.6. The molecule has 2 aromatic rings. The second kappa shape index (κ2) is 7.56. The Labute approximate surface area is 145 Å². The fourth-order valence-electron chi connectivity index (χ4n) is 2.50. The average Bonchev–Trinajstić information content (AvgIpc) is 2.58. The third-order valence-corrected chi connectivity index (χ3v) is 3.67. The third kappa shape index (κ3) is 3.82. The Morgan fingerprint density at radius 1 is 1.24 bits per heavy atom. The Hall–Kier alpha value is -3.23. The number of nitrogens with zero attached hydrogens (tertiary/aromatic N) is 3. The molecule has 0 spiro atoms. The summed E-state index contributed by atoms with van der Waals surface area (Å²) in [5, 5.41) is 9.40. The highest BCUT2D eigenvalue weighted by molar-refractivity contribution is 5.91. The van der Waals surface area contributed by atoms with Gasteiger partial charge in [0.15, 0.2) is 0 Å². The molecule has 1 aromatic heterocycles. The van der Waals surface area contributed by atoms with Crippen molar-refractivity contribution in [2.24, 2.45) is 0 Å². The smallest absolute Gasteiger partial charge is 0.412 e. The molecule has 0 bridgehead atoms. The molecule has 0 radical (unpaired) electrons. The van der Waals surface area contributed by atoms with Gasteiger partial charge in [0, 0.05) is 24.7 Å². The number of ether oxygens (including phenoxy) is 2. The Kier molecular flexibility index (Phi) is 5.48. The lowest BCUT2D eigenvalue weighted by Gasteiger charge is -2.23. The highest BCUT2D eigenvalue weighted by Gasteiger charge is 2.23. The van der Waals surface area contributed by atoms with Crippen molar-refractivity contribution in [3.63, 3.8) is 0 Å². The number of anilines is 3. The molecule has 9 nitrogen and oxygen atoms in total. The number of methoxy groups -OCH3 is 2. The van der Waals surface area contributed by atoms with Gasteiger partial charge >= 0.3 is 6.09 Å². The monoisotopic (exact) mass is 347 g/mol. The third-order valence-electron chi connectivity index (χ3n) is 3.67. The van der Waals surface area contributed by atoms with E-state index in [4.69, 9.17) is 20.9 Å². The van der Waals surface area contributed by atoms with E-state index in [1.54, 1.807) is 25.3 Å². The maximum Gasteiger partial charge on any atom is 0.412 e. The van der Waals surface area contributed by atoms with Crippen LogP contribution in [0.2, 0.25) is 0 Å². The van der Waals surface area contributed by atoms with E-state index < -0.39 is 6.09 Å². The van der Waals surface area contributed by atoms with Crippen LogP contribution in [0, 0.1) is 0 Å². The normalized spacial score (nSPS) is 10.4. The van der Waals surface area contributed by atoms with Crippen molar-refractivity contribution in [1.29, 1.82) is 0 Å². The molecule has 0 unspecified atom stereocenters. The van der Waals surface area contributed by atoms with Gasteiger partial charge in [-0.3, -0.25) is 4.90 Å². The molecule has 0 aliphatic heterocycles. The van der Waals surface area contributed by atoms with Gasteiger partial charge < -0.3 is 26.0 Å². The Balaban J connectivity index is 2.49. The van der Waals surface area contributed by atoms with E-state index in [1.165, 1.54) is 14.2 Å². The van der Waals surface area contributed by atoms with Crippen LogP contribution < -0.4 is 25.8 Å². The second-order valence-electron chi connectivity index (χ2n) is 5.19. The van der Waals surface area contributed by atoms with Crippen LogP contribution in [0.15, 0.2) is 18.3 Å². The molecule has 1 aromatic carbocycles. The molecule has 25 heavy (non-hydrogen) atoms. The van der Waals surface area contributed by atoms with E-state index in [9.17, 15) is 9.90 Å². The largest absolute Gasteiger partial charge is 0.494 e. The first-order valence-corrected chi connectivity index (χ1v) is 7.53. The van der Waals surface area contributed by atoms with Crippen LogP contribution in [-0.2, 0) is 6.42 Å². The van der Waals surface area contributed by atoms with Gasteiger partial charge in [-0.15, -0.1) is 0 Å². The Morgan fingerprint density at radius 2 is 1.84 bits per heavy atom. The molecule has 0 fully saturated rings. The summed E-state index contributed by atoms with van der Waals surface area (Å²) in [6.07, 6.45) is 0.876. The number of nitrogens with two attached hydrogens (primary N) is 2. The van der Waals surface area contributed by atoms with Crippen LogP contribution in [0.1, 0.15) is 18.1 Å². The molecule has 9 heteroatoms. The van der Waals surface area contributed by atoms with E-state index in [0.717, 1.165) is 10.5 Å². The quantitative estimate of drug-likeness (QED) is 0.719. The lowest BCUT2D eigenvalue weighted by Crippen LogP contribution is -2.29. The highest BCUT2D eigenvalue weighted by atomic mass is 16.5. The molecule has 1 heterocycles. The van der Waals surface area contributed by atoms with Gasteiger partial charge in [0.2, 0.25) is 5.95 Å². The summed E-state index contributed by atoms with van der Waals surface area (Å²) < 4.78 is 10.8. The van der Waals surface area contributed by atoms with Crippen molar-refractivity contribution >= 4 is 23.5 Å². The molecule has 0 aliphatic carbocycles. The number of carbonyl (C=O) groups is 1. The second-order valence-corrected chi connectivity index (χ2v) is 5.19. The topological polar surface area (TPSA) is 137 Å². The standard InChI is InChI=1S/C16H21N5O4/c1-4-21(16(22)23)13-11(24-2)6-9(7-12(13)25-3)5-10-8-19-15(18)20-14(10)17/h6-8H,4-5H2,1-3H3,(H,22,23)(H4,17,18,19,20). The zero-order valence-corrected chi connectivity index (χ0v) is 14.3. The first-order chi connectivity index (χ1) is 11.9. The first kappa shape index (κ1) is 18.1. The van der Waals surface area contributed by atoms with Crippen LogP contribution in [0.5, 0.6) is 11.5 Å². The first-order valence-electron chi connectivity index (χ1n) is 7.53. The average molecular weight is 347 g/mol. The number of hydrogen-bond donors (Lipinski definition) is 3. The Bertz CT molecular complexity index is 756. The fraction of sp³-hybridized carbons (Fsp3) is 0.312. The number of nitrogen functional groups attached to an aromatic ring is 2. The number of hydrogen-bond acceptors (Lipinski definition) is 7. The number of benzene rings is 1. The lowest BCUT2D eigenvalue weighted by atomic mass is 10.0. The van der Waals surface area contributed by atoms with Gasteiger partial charge in [-0.2, -0.15) is 4.98 Å². The predicted molar refractivity (Wildman–Crippen MR) is 94.3 cm³/mol. The molecular formula is C16H21N5O4. The predicted octanol–water partition coefficient (Wildman–Crippen LogP) is 1.75. The van der Waals surface area contributed by atoms with Gasteiger partial charge in [-0.05, 0) is 24.6 Å². The van der Waals surface area contributed by atoms with E-state index >= 15 is 0 Å². The van der Waals surface area contributed by atoms with Crippen LogP contribution in [0.3, 0.4) is 0 Å². The molecule has 5 N–H and O–H groups in total. The van der Waals surface area contributed by atoms with Crippen LogP contribution in [-0.4, -0.2) is 41.9 Å². The summed E-state index contributed by atoms with van der Waals surface area (Å²) >= 11 is 0. The van der Waals surface area contributed by atoms with Crippen molar-refractivity contribution in [2.75, 3.05) is 37.1 Å². The molecule has 0 atom stereocenters. The van der Waals surface area contributed by atoms with Crippen LogP contribution in [0.4, 0.5) is 22.2 Å². The fourth-order valence-corrected chi connectivity index (χ4v) is 2.50. The molecule has 0 saturated carbocycles. The van der Waals surface area contributed by atoms with Gasteiger partial charge in [0.25, 0.3) is 0 Å². The maximum absolute atomic E-state index is 11.5. The Morgan fingerprint density at radius 3 is 2.28 bits per heavy atom. The maximum atomic E-state index is 11.5. The molecule has 2 rings (SSSR count). The van der Waals surface area contributed by atoms with Crippen LogP contribution >= 0.6 is 0 Å². The summed E-state index contributed by atoms with van der Waals surface area (Å²) in [6.45, 7) is 1.98. The van der Waals surface area contributed by atoms with Gasteiger partial charge in [-0.1, -0.05) is 0 Å². The summed E-state index contributed by atoms with van der Waals surface area (Å²) in [5.41, 5.74) is 13.2. The van der Waals surface area contributed by atoms with Crippen LogP contribution in [0.25, 0.3) is 0 Å². The molecular weight excluding hydrogens is 326 g/mol. The highest BCUT2D eigenvalue weighted by Crippen LogP contribution is 2.40.